The van der Waals surface area contributed by atoms with E-state index in [1.165, 1.54) is 5.56 Å². The van der Waals surface area contributed by atoms with Gasteiger partial charge in [-0.25, -0.2) is 4.98 Å². The van der Waals surface area contributed by atoms with Crippen LogP contribution in [0.1, 0.15) is 28.0 Å². The molecule has 0 saturated carbocycles. The Morgan fingerprint density at radius 1 is 1.21 bits per heavy atom. The Kier molecular flexibility index (Phi) is 4.28. The van der Waals surface area contributed by atoms with Gasteiger partial charge in [-0.1, -0.05) is 36.4 Å². The van der Waals surface area contributed by atoms with Crippen molar-refractivity contribution in [1.29, 1.82) is 0 Å². The Labute approximate surface area is 169 Å². The van der Waals surface area contributed by atoms with Gasteiger partial charge in [0.2, 0.25) is 5.91 Å². The maximum absolute atomic E-state index is 13.2. The first-order chi connectivity index (χ1) is 14.1. The lowest BCUT2D eigenvalue weighted by atomic mass is 9.77. The molecule has 0 aliphatic carbocycles. The number of hydrogen-bond donors (Lipinski definition) is 1. The van der Waals surface area contributed by atoms with Gasteiger partial charge < -0.3 is 19.9 Å². The number of nitrogens with zero attached hydrogens (tertiary/aromatic N) is 3. The maximum atomic E-state index is 13.2. The number of morpholine rings is 1. The number of rotatable bonds is 2. The predicted octanol–water partition coefficient (Wildman–Crippen LogP) is 1.33. The summed E-state index contributed by atoms with van der Waals surface area (Å²) in [5.41, 5.74) is 2.06. The molecule has 1 N–H and O–H groups in total. The van der Waals surface area contributed by atoms with E-state index >= 15 is 0 Å². The summed E-state index contributed by atoms with van der Waals surface area (Å²) < 4.78 is 5.92. The number of nitrogens with one attached hydrogen (secondary N) is 1. The number of pyridine rings is 1. The molecule has 7 heteroatoms. The zero-order chi connectivity index (χ0) is 20.0. The molecule has 29 heavy (non-hydrogen) atoms. The summed E-state index contributed by atoms with van der Waals surface area (Å²) in [4.78, 5) is 33.8. The van der Waals surface area contributed by atoms with Gasteiger partial charge in [0.15, 0.2) is 0 Å². The van der Waals surface area contributed by atoms with Crippen molar-refractivity contribution < 1.29 is 14.3 Å². The van der Waals surface area contributed by atoms with Crippen molar-refractivity contribution >= 4 is 17.6 Å². The quantitative estimate of drug-likeness (QED) is 0.835. The number of piperidine rings is 1. The number of likely N-dealkylation sites (tertiary alicyclic amines) is 1. The van der Waals surface area contributed by atoms with Crippen LogP contribution >= 0.6 is 0 Å². The number of carbonyl (C=O) groups is 2. The standard InChI is InChI=1S/C22H24N4O3/c1-25-11-9-15-7-8-17(23-20(15)25)21(28)26-12-10-22(16-5-3-2-4-6-16)18(13-26)29-14-19(27)24-22/h2-8,18H,9-14H2,1H3,(H,24,27)/t18-,22+/m1/s1. The van der Waals surface area contributed by atoms with Crippen molar-refractivity contribution in [3.05, 3.63) is 59.3 Å². The molecule has 3 aliphatic heterocycles. The lowest BCUT2D eigenvalue weighted by Crippen LogP contribution is -2.67. The fraction of sp³-hybridized carbons (Fsp3) is 0.409. The first-order valence-corrected chi connectivity index (χ1v) is 10.1. The molecule has 0 spiro atoms. The fourth-order valence-electron chi connectivity index (χ4n) is 4.72. The number of aromatic nitrogens is 1. The Bertz CT molecular complexity index is 964. The molecule has 5 rings (SSSR count). The van der Waals surface area contributed by atoms with Gasteiger partial charge in [0.1, 0.15) is 24.2 Å². The van der Waals surface area contributed by atoms with Crippen LogP contribution in [0.2, 0.25) is 0 Å². The molecule has 0 radical (unpaired) electrons. The summed E-state index contributed by atoms with van der Waals surface area (Å²) in [6.07, 6.45) is 1.27. The average Bonchev–Trinajstić information content (AvgIpc) is 3.13. The van der Waals surface area contributed by atoms with Crippen LogP contribution in [-0.4, -0.2) is 61.1 Å². The van der Waals surface area contributed by atoms with E-state index in [2.05, 4.69) is 15.2 Å². The third-order valence-corrected chi connectivity index (χ3v) is 6.32. The number of anilines is 1. The van der Waals surface area contributed by atoms with Crippen molar-refractivity contribution in [2.75, 3.05) is 38.2 Å². The highest BCUT2D eigenvalue weighted by atomic mass is 16.5. The molecule has 3 aliphatic rings. The SMILES string of the molecule is CN1CCc2ccc(C(=O)N3CC[C@@]4(c5ccccc5)NC(=O)CO[C@@H]4C3)nc21. The minimum Gasteiger partial charge on any atom is -0.364 e. The van der Waals surface area contributed by atoms with Crippen molar-refractivity contribution in [3.63, 3.8) is 0 Å². The van der Waals surface area contributed by atoms with E-state index < -0.39 is 5.54 Å². The summed E-state index contributed by atoms with van der Waals surface area (Å²) in [5, 5.41) is 3.16. The second kappa shape index (κ2) is 6.84. The molecule has 2 saturated heterocycles. The van der Waals surface area contributed by atoms with E-state index in [-0.39, 0.29) is 24.5 Å². The van der Waals surface area contributed by atoms with Crippen molar-refractivity contribution in [2.24, 2.45) is 0 Å². The van der Waals surface area contributed by atoms with Crippen LogP contribution in [0.15, 0.2) is 42.5 Å². The molecule has 4 heterocycles. The van der Waals surface area contributed by atoms with Crippen molar-refractivity contribution in [2.45, 2.75) is 24.5 Å². The Hall–Kier alpha value is -2.93. The van der Waals surface area contributed by atoms with Crippen LogP contribution in [0.3, 0.4) is 0 Å². The molecule has 2 atom stereocenters. The van der Waals surface area contributed by atoms with E-state index in [1.807, 2.05) is 49.5 Å². The lowest BCUT2D eigenvalue weighted by molar-refractivity contribution is -0.150. The molecule has 0 unspecified atom stereocenters. The van der Waals surface area contributed by atoms with E-state index in [1.54, 1.807) is 4.90 Å². The smallest absolute Gasteiger partial charge is 0.272 e. The topological polar surface area (TPSA) is 74.8 Å². The molecular weight excluding hydrogens is 368 g/mol. The van der Waals surface area contributed by atoms with Gasteiger partial charge >= 0.3 is 0 Å². The van der Waals surface area contributed by atoms with Gasteiger partial charge in [0.25, 0.3) is 5.91 Å². The number of hydrogen-bond acceptors (Lipinski definition) is 5. The molecule has 1 aromatic carbocycles. The van der Waals surface area contributed by atoms with Crippen LogP contribution in [0.5, 0.6) is 0 Å². The van der Waals surface area contributed by atoms with Crippen LogP contribution in [0.4, 0.5) is 5.82 Å². The van der Waals surface area contributed by atoms with E-state index in [9.17, 15) is 9.59 Å². The zero-order valence-corrected chi connectivity index (χ0v) is 16.4. The Morgan fingerprint density at radius 3 is 2.86 bits per heavy atom. The summed E-state index contributed by atoms with van der Waals surface area (Å²) in [7, 11) is 2.00. The second-order valence-corrected chi connectivity index (χ2v) is 8.04. The lowest BCUT2D eigenvalue weighted by Gasteiger charge is -2.50. The van der Waals surface area contributed by atoms with Gasteiger partial charge in [0.05, 0.1) is 5.54 Å². The monoisotopic (exact) mass is 392 g/mol. The Balaban J connectivity index is 1.41. The highest BCUT2D eigenvalue weighted by molar-refractivity contribution is 5.93. The van der Waals surface area contributed by atoms with Crippen molar-refractivity contribution in [1.82, 2.24) is 15.2 Å². The largest absolute Gasteiger partial charge is 0.364 e. The van der Waals surface area contributed by atoms with Crippen LogP contribution < -0.4 is 10.2 Å². The van der Waals surface area contributed by atoms with Crippen LogP contribution in [-0.2, 0) is 21.5 Å². The molecule has 2 aromatic rings. The highest BCUT2D eigenvalue weighted by Crippen LogP contribution is 2.37. The maximum Gasteiger partial charge on any atom is 0.272 e. The number of carbonyl (C=O) groups excluding carboxylic acids is 2. The third-order valence-electron chi connectivity index (χ3n) is 6.32. The summed E-state index contributed by atoms with van der Waals surface area (Å²) >= 11 is 0. The summed E-state index contributed by atoms with van der Waals surface area (Å²) in [6.45, 7) is 1.90. The van der Waals surface area contributed by atoms with E-state index in [0.717, 1.165) is 24.3 Å². The second-order valence-electron chi connectivity index (χ2n) is 8.04. The van der Waals surface area contributed by atoms with E-state index in [0.29, 0.717) is 25.2 Å². The first kappa shape index (κ1) is 18.1. The molecule has 2 amide bonds. The van der Waals surface area contributed by atoms with Crippen LogP contribution in [0.25, 0.3) is 0 Å². The minimum absolute atomic E-state index is 0.0170. The number of benzene rings is 1. The van der Waals surface area contributed by atoms with Crippen LogP contribution in [0, 0.1) is 0 Å². The third kappa shape index (κ3) is 2.97. The average molecular weight is 392 g/mol. The molecule has 150 valence electrons. The highest BCUT2D eigenvalue weighted by Gasteiger charge is 2.50. The molecule has 1 aromatic heterocycles. The summed E-state index contributed by atoms with van der Waals surface area (Å²) in [6, 6.07) is 13.7. The molecule has 0 bridgehead atoms. The zero-order valence-electron chi connectivity index (χ0n) is 16.4. The van der Waals surface area contributed by atoms with Crippen molar-refractivity contribution in [3.8, 4) is 0 Å². The molecule has 2 fully saturated rings. The van der Waals surface area contributed by atoms with Gasteiger partial charge in [-0.05, 0) is 30.0 Å². The first-order valence-electron chi connectivity index (χ1n) is 10.1. The van der Waals surface area contributed by atoms with Gasteiger partial charge in [-0.15, -0.1) is 0 Å². The number of fused-ring (bicyclic) bond motifs is 2. The Morgan fingerprint density at radius 2 is 2.03 bits per heavy atom. The predicted molar refractivity (Wildman–Crippen MR) is 108 cm³/mol. The molecular formula is C22H24N4O3. The number of likely N-dealkylation sites (N-methyl/N-ethyl adjacent to an activating group) is 1. The normalized spacial score (nSPS) is 26.0. The van der Waals surface area contributed by atoms with E-state index in [4.69, 9.17) is 4.74 Å². The minimum atomic E-state index is -0.598. The number of ether oxygens (including phenoxy) is 1. The summed E-state index contributed by atoms with van der Waals surface area (Å²) in [5.74, 6) is 0.691. The number of amides is 2. The van der Waals surface area contributed by atoms with Gasteiger partial charge in [-0.2, -0.15) is 0 Å². The van der Waals surface area contributed by atoms with Gasteiger partial charge in [-0.3, -0.25) is 9.59 Å². The molecule has 7 nitrogen and oxygen atoms in total. The van der Waals surface area contributed by atoms with Gasteiger partial charge in [0, 0.05) is 26.7 Å². The fourth-order valence-corrected chi connectivity index (χ4v) is 4.72.